The van der Waals surface area contributed by atoms with Gasteiger partial charge in [0.05, 0.1) is 42.7 Å². The summed E-state index contributed by atoms with van der Waals surface area (Å²) in [6.07, 6.45) is 4.12. The van der Waals surface area contributed by atoms with Crippen molar-refractivity contribution in [3.8, 4) is 34.3 Å². The summed E-state index contributed by atoms with van der Waals surface area (Å²) < 4.78 is 16.4. The Morgan fingerprint density at radius 1 is 1.08 bits per heavy atom. The Morgan fingerprint density at radius 3 is 2.69 bits per heavy atom. The van der Waals surface area contributed by atoms with Gasteiger partial charge in [-0.25, -0.2) is 19.7 Å². The first-order chi connectivity index (χ1) is 17.6. The number of imidazole rings is 1. The van der Waals surface area contributed by atoms with Crippen LogP contribution in [0.2, 0.25) is 0 Å². The van der Waals surface area contributed by atoms with Gasteiger partial charge in [0.25, 0.3) is 0 Å². The molecule has 0 saturated carbocycles. The number of nitrogen functional groups attached to an aromatic ring is 1. The second-order valence-corrected chi connectivity index (χ2v) is 8.56. The van der Waals surface area contributed by atoms with Crippen molar-refractivity contribution in [2.24, 2.45) is 0 Å². The second kappa shape index (κ2) is 10.2. The van der Waals surface area contributed by atoms with E-state index in [9.17, 15) is 4.79 Å². The molecule has 3 N–H and O–H groups in total. The van der Waals surface area contributed by atoms with Gasteiger partial charge in [0.15, 0.2) is 23.1 Å². The topological polar surface area (TPSA) is 128 Å². The van der Waals surface area contributed by atoms with Gasteiger partial charge in [-0.05, 0) is 62.3 Å². The lowest BCUT2D eigenvalue weighted by Gasteiger charge is -2.16. The summed E-state index contributed by atoms with van der Waals surface area (Å²) >= 11 is 0. The summed E-state index contributed by atoms with van der Waals surface area (Å²) in [5.41, 5.74) is 9.71. The van der Waals surface area contributed by atoms with Crippen molar-refractivity contribution in [1.82, 2.24) is 24.8 Å². The maximum Gasteiger partial charge on any atom is 0.337 e. The van der Waals surface area contributed by atoms with Crippen molar-refractivity contribution in [3.63, 3.8) is 0 Å². The Morgan fingerprint density at radius 2 is 1.92 bits per heavy atom. The van der Waals surface area contributed by atoms with E-state index in [2.05, 4.69) is 19.9 Å². The molecule has 1 aliphatic rings. The molecule has 0 bridgehead atoms. The van der Waals surface area contributed by atoms with Gasteiger partial charge in [-0.3, -0.25) is 4.90 Å². The lowest BCUT2D eigenvalue weighted by Crippen LogP contribution is -2.25. The minimum absolute atomic E-state index is 0.236. The number of hydrogen-bond acceptors (Lipinski definition) is 9. The van der Waals surface area contributed by atoms with E-state index in [0.29, 0.717) is 46.4 Å². The molecule has 0 spiro atoms. The number of nitrogens with two attached hydrogens (primary N) is 1. The van der Waals surface area contributed by atoms with E-state index in [1.807, 2.05) is 18.2 Å². The molecule has 2 aromatic heterocycles. The zero-order valence-electron chi connectivity index (χ0n) is 20.3. The summed E-state index contributed by atoms with van der Waals surface area (Å²) in [5.74, 6) is 1.56. The molecule has 0 aliphatic carbocycles. The SMILES string of the molecule is COC(=O)c1ccc2[nH]c(-c3nc(-c4ccc(OCCN5CCCC5)c(OC)c4)cnc3N)nc2c1. The fourth-order valence-corrected chi connectivity index (χ4v) is 4.31. The van der Waals surface area contributed by atoms with Crippen molar-refractivity contribution in [2.45, 2.75) is 12.8 Å². The molecule has 3 heterocycles. The second-order valence-electron chi connectivity index (χ2n) is 8.56. The smallest absolute Gasteiger partial charge is 0.337 e. The van der Waals surface area contributed by atoms with Crippen molar-refractivity contribution in [3.05, 3.63) is 48.2 Å². The average molecular weight is 489 g/mol. The zero-order valence-corrected chi connectivity index (χ0v) is 20.3. The van der Waals surface area contributed by atoms with E-state index in [1.165, 1.54) is 20.0 Å². The summed E-state index contributed by atoms with van der Waals surface area (Å²) in [6.45, 7) is 3.77. The number of methoxy groups -OCH3 is 2. The molecule has 186 valence electrons. The first-order valence-corrected chi connectivity index (χ1v) is 11.8. The van der Waals surface area contributed by atoms with Crippen LogP contribution in [0.5, 0.6) is 11.5 Å². The van der Waals surface area contributed by atoms with Crippen LogP contribution >= 0.6 is 0 Å². The van der Waals surface area contributed by atoms with Crippen molar-refractivity contribution in [1.29, 1.82) is 0 Å². The third-order valence-corrected chi connectivity index (χ3v) is 6.25. The van der Waals surface area contributed by atoms with Crippen LogP contribution in [0, 0.1) is 0 Å². The van der Waals surface area contributed by atoms with E-state index in [1.54, 1.807) is 31.5 Å². The molecule has 0 atom stereocenters. The van der Waals surface area contributed by atoms with Crippen LogP contribution in [0.15, 0.2) is 42.6 Å². The van der Waals surface area contributed by atoms with E-state index < -0.39 is 5.97 Å². The number of ether oxygens (including phenoxy) is 3. The number of hydrogen-bond donors (Lipinski definition) is 2. The molecule has 1 fully saturated rings. The summed E-state index contributed by atoms with van der Waals surface area (Å²) in [4.78, 5) is 31.1. The monoisotopic (exact) mass is 488 g/mol. The number of rotatable bonds is 8. The number of carbonyl (C=O) groups excluding carboxylic acids is 1. The quantitative estimate of drug-likeness (QED) is 0.358. The number of likely N-dealkylation sites (tertiary alicyclic amines) is 1. The number of benzene rings is 2. The Bertz CT molecular complexity index is 1400. The van der Waals surface area contributed by atoms with Gasteiger partial charge in [-0.2, -0.15) is 0 Å². The van der Waals surface area contributed by atoms with Crippen molar-refractivity contribution >= 4 is 22.8 Å². The van der Waals surface area contributed by atoms with Gasteiger partial charge >= 0.3 is 5.97 Å². The molecule has 1 saturated heterocycles. The number of esters is 1. The van der Waals surface area contributed by atoms with Gasteiger partial charge in [-0.1, -0.05) is 0 Å². The Balaban J connectivity index is 1.40. The standard InChI is InChI=1S/C26H28N6O4/c1-34-22-14-16(6-8-21(22)36-12-11-32-9-3-4-10-32)20-15-28-24(27)23(29-20)25-30-18-7-5-17(26(33)35-2)13-19(18)31-25/h5-8,13-15H,3-4,9-12H2,1-2H3,(H2,27,28)(H,30,31). The van der Waals surface area contributed by atoms with Gasteiger partial charge < -0.3 is 24.9 Å². The number of nitrogens with one attached hydrogen (secondary N) is 1. The van der Waals surface area contributed by atoms with Gasteiger partial charge in [0.2, 0.25) is 0 Å². The number of carbonyl (C=O) groups is 1. The molecule has 0 unspecified atom stereocenters. The number of H-pyrrole nitrogens is 1. The molecular weight excluding hydrogens is 460 g/mol. The molecule has 0 amide bonds. The Hall–Kier alpha value is -4.18. The van der Waals surface area contributed by atoms with Crippen LogP contribution in [0.3, 0.4) is 0 Å². The lowest BCUT2D eigenvalue weighted by atomic mass is 10.1. The fraction of sp³-hybridized carbons (Fsp3) is 0.308. The van der Waals surface area contributed by atoms with Crippen LogP contribution in [-0.4, -0.2) is 71.3 Å². The maximum atomic E-state index is 11.9. The predicted molar refractivity (Wildman–Crippen MR) is 136 cm³/mol. The Kier molecular flexibility index (Phi) is 6.68. The van der Waals surface area contributed by atoms with Gasteiger partial charge in [0.1, 0.15) is 12.3 Å². The zero-order chi connectivity index (χ0) is 25.1. The molecule has 0 radical (unpaired) electrons. The number of nitrogens with zero attached hydrogens (tertiary/aromatic N) is 4. The lowest BCUT2D eigenvalue weighted by molar-refractivity contribution is 0.0601. The minimum Gasteiger partial charge on any atom is -0.493 e. The molecule has 10 nitrogen and oxygen atoms in total. The van der Waals surface area contributed by atoms with E-state index in [-0.39, 0.29) is 5.82 Å². The Labute approximate surface area is 208 Å². The first-order valence-electron chi connectivity index (χ1n) is 11.8. The van der Waals surface area contributed by atoms with Crippen molar-refractivity contribution < 1.29 is 19.0 Å². The minimum atomic E-state index is -0.430. The number of aromatic amines is 1. The van der Waals surface area contributed by atoms with Crippen LogP contribution in [0.4, 0.5) is 5.82 Å². The van der Waals surface area contributed by atoms with Gasteiger partial charge in [-0.15, -0.1) is 0 Å². The number of anilines is 1. The van der Waals surface area contributed by atoms with Crippen LogP contribution in [-0.2, 0) is 4.74 Å². The third-order valence-electron chi connectivity index (χ3n) is 6.25. The van der Waals surface area contributed by atoms with E-state index >= 15 is 0 Å². The summed E-state index contributed by atoms with van der Waals surface area (Å²) in [7, 11) is 2.95. The highest BCUT2D eigenvalue weighted by molar-refractivity contribution is 5.94. The molecule has 1 aliphatic heterocycles. The largest absolute Gasteiger partial charge is 0.493 e. The maximum absolute atomic E-state index is 11.9. The highest BCUT2D eigenvalue weighted by Gasteiger charge is 2.17. The summed E-state index contributed by atoms with van der Waals surface area (Å²) in [6, 6.07) is 10.8. The molecule has 4 aromatic rings. The third kappa shape index (κ3) is 4.80. The molecule has 5 rings (SSSR count). The molecule has 10 heteroatoms. The van der Waals surface area contributed by atoms with Gasteiger partial charge in [0, 0.05) is 12.1 Å². The molecule has 2 aromatic carbocycles. The highest BCUT2D eigenvalue weighted by Crippen LogP contribution is 2.33. The number of fused-ring (bicyclic) bond motifs is 1. The first kappa shape index (κ1) is 23.6. The fourth-order valence-electron chi connectivity index (χ4n) is 4.31. The van der Waals surface area contributed by atoms with Crippen LogP contribution in [0.25, 0.3) is 33.8 Å². The van der Waals surface area contributed by atoms with E-state index in [0.717, 1.165) is 30.7 Å². The molecule has 36 heavy (non-hydrogen) atoms. The highest BCUT2D eigenvalue weighted by atomic mass is 16.5. The van der Waals surface area contributed by atoms with Crippen LogP contribution in [0.1, 0.15) is 23.2 Å². The normalized spacial score (nSPS) is 13.7. The number of aromatic nitrogens is 4. The molecular formula is C26H28N6O4. The van der Waals surface area contributed by atoms with E-state index in [4.69, 9.17) is 24.9 Å². The summed E-state index contributed by atoms with van der Waals surface area (Å²) in [5, 5.41) is 0. The van der Waals surface area contributed by atoms with Crippen molar-refractivity contribution in [2.75, 3.05) is 46.2 Å². The average Bonchev–Trinajstić information content (AvgIpc) is 3.58. The van der Waals surface area contributed by atoms with Crippen LogP contribution < -0.4 is 15.2 Å². The predicted octanol–water partition coefficient (Wildman–Crippen LogP) is 3.54.